The monoisotopic (exact) mass is 344 g/mol. The lowest BCUT2D eigenvalue weighted by atomic mass is 10.1. The highest BCUT2D eigenvalue weighted by molar-refractivity contribution is 9.10. The minimum absolute atomic E-state index is 0.232. The van der Waals surface area contributed by atoms with Gasteiger partial charge < -0.3 is 15.5 Å². The first kappa shape index (κ1) is 13.7. The Kier molecular flexibility index (Phi) is 3.43. The van der Waals surface area contributed by atoms with Crippen LogP contribution in [-0.4, -0.2) is 5.91 Å². The molecule has 0 fully saturated rings. The summed E-state index contributed by atoms with van der Waals surface area (Å²) in [6.07, 6.45) is 1.46. The Bertz CT molecular complexity index is 839. The molecule has 3 aromatic rings. The van der Waals surface area contributed by atoms with Crippen molar-refractivity contribution < 1.29 is 9.21 Å². The molecule has 1 aromatic heterocycles. The number of carbonyl (C=O) groups excluding carboxylic acids is 1. The summed E-state index contributed by atoms with van der Waals surface area (Å²) in [6.45, 7) is 1.91. The van der Waals surface area contributed by atoms with E-state index in [1.165, 1.54) is 6.26 Å². The zero-order chi connectivity index (χ0) is 15.0. The van der Waals surface area contributed by atoms with Gasteiger partial charge in [0.05, 0.1) is 11.3 Å². The fourth-order valence-electron chi connectivity index (χ4n) is 2.13. The quantitative estimate of drug-likeness (QED) is 0.679. The van der Waals surface area contributed by atoms with Crippen molar-refractivity contribution in [2.24, 2.45) is 0 Å². The number of nitrogen functional groups attached to an aromatic ring is 1. The molecule has 0 aliphatic rings. The lowest BCUT2D eigenvalue weighted by molar-refractivity contribution is 0.102. The van der Waals surface area contributed by atoms with Gasteiger partial charge in [0.1, 0.15) is 11.8 Å². The summed E-state index contributed by atoms with van der Waals surface area (Å²) in [4.78, 5) is 12.4. The standard InChI is InChI=1S/C16H13BrN2O2/c1-9-6-12(17)14(7-13(9)18)19-16(20)11-8-21-15-5-3-2-4-10(11)15/h2-8H,18H2,1H3,(H,19,20). The number of rotatable bonds is 2. The van der Waals surface area contributed by atoms with E-state index < -0.39 is 0 Å². The van der Waals surface area contributed by atoms with Crippen LogP contribution in [0, 0.1) is 6.92 Å². The van der Waals surface area contributed by atoms with Crippen LogP contribution in [0.15, 0.2) is 51.6 Å². The van der Waals surface area contributed by atoms with E-state index in [0.29, 0.717) is 22.5 Å². The maximum atomic E-state index is 12.4. The van der Waals surface area contributed by atoms with E-state index in [9.17, 15) is 4.79 Å². The molecular weight excluding hydrogens is 332 g/mol. The molecule has 0 radical (unpaired) electrons. The van der Waals surface area contributed by atoms with Crippen LogP contribution in [-0.2, 0) is 0 Å². The van der Waals surface area contributed by atoms with Crippen molar-refractivity contribution in [3.05, 3.63) is 58.3 Å². The van der Waals surface area contributed by atoms with Gasteiger partial charge in [0, 0.05) is 15.5 Å². The van der Waals surface area contributed by atoms with E-state index in [1.807, 2.05) is 37.3 Å². The van der Waals surface area contributed by atoms with Gasteiger partial charge in [-0.15, -0.1) is 0 Å². The molecule has 0 bridgehead atoms. The first-order valence-electron chi connectivity index (χ1n) is 6.39. The molecule has 0 aliphatic carbocycles. The van der Waals surface area contributed by atoms with Crippen LogP contribution < -0.4 is 11.1 Å². The number of nitrogens with two attached hydrogens (primary N) is 1. The number of hydrogen-bond donors (Lipinski definition) is 2. The first-order valence-corrected chi connectivity index (χ1v) is 7.19. The van der Waals surface area contributed by atoms with E-state index in [2.05, 4.69) is 21.2 Å². The number of nitrogens with one attached hydrogen (secondary N) is 1. The molecule has 3 N–H and O–H groups in total. The highest BCUT2D eigenvalue weighted by Crippen LogP contribution is 2.29. The van der Waals surface area contributed by atoms with Crippen LogP contribution in [0.1, 0.15) is 15.9 Å². The van der Waals surface area contributed by atoms with Crippen molar-refractivity contribution in [3.8, 4) is 0 Å². The molecule has 21 heavy (non-hydrogen) atoms. The van der Waals surface area contributed by atoms with E-state index in [-0.39, 0.29) is 5.91 Å². The average Bonchev–Trinajstić information content (AvgIpc) is 2.88. The Morgan fingerprint density at radius 1 is 1.29 bits per heavy atom. The number of carbonyl (C=O) groups is 1. The minimum atomic E-state index is -0.232. The molecule has 0 spiro atoms. The van der Waals surface area contributed by atoms with Crippen molar-refractivity contribution >= 4 is 44.2 Å². The smallest absolute Gasteiger partial charge is 0.259 e. The van der Waals surface area contributed by atoms with Gasteiger partial charge in [-0.25, -0.2) is 0 Å². The van der Waals surface area contributed by atoms with Crippen molar-refractivity contribution in [1.82, 2.24) is 0 Å². The number of amides is 1. The number of hydrogen-bond acceptors (Lipinski definition) is 3. The van der Waals surface area contributed by atoms with Gasteiger partial charge in [-0.2, -0.15) is 0 Å². The van der Waals surface area contributed by atoms with Gasteiger partial charge in [-0.1, -0.05) is 18.2 Å². The number of benzene rings is 2. The zero-order valence-corrected chi connectivity index (χ0v) is 12.9. The number of fused-ring (bicyclic) bond motifs is 1. The SMILES string of the molecule is Cc1cc(Br)c(NC(=O)c2coc3ccccc23)cc1N. The number of para-hydroxylation sites is 1. The molecule has 3 rings (SSSR count). The molecule has 2 aromatic carbocycles. The van der Waals surface area contributed by atoms with Crippen molar-refractivity contribution in [2.45, 2.75) is 6.92 Å². The van der Waals surface area contributed by atoms with E-state index >= 15 is 0 Å². The van der Waals surface area contributed by atoms with Crippen LogP contribution in [0.4, 0.5) is 11.4 Å². The summed E-state index contributed by atoms with van der Waals surface area (Å²) in [5, 5.41) is 3.63. The molecular formula is C16H13BrN2O2. The summed E-state index contributed by atoms with van der Waals surface area (Å²) in [5.74, 6) is -0.232. The second kappa shape index (κ2) is 5.26. The van der Waals surface area contributed by atoms with Gasteiger partial charge in [0.2, 0.25) is 0 Å². The highest BCUT2D eigenvalue weighted by Gasteiger charge is 2.15. The van der Waals surface area contributed by atoms with Crippen LogP contribution in [0.2, 0.25) is 0 Å². The zero-order valence-electron chi connectivity index (χ0n) is 11.3. The first-order chi connectivity index (χ1) is 10.1. The van der Waals surface area contributed by atoms with E-state index in [1.54, 1.807) is 6.07 Å². The molecule has 0 aliphatic heterocycles. The highest BCUT2D eigenvalue weighted by atomic mass is 79.9. The Morgan fingerprint density at radius 2 is 2.05 bits per heavy atom. The van der Waals surface area contributed by atoms with E-state index in [4.69, 9.17) is 10.2 Å². The van der Waals surface area contributed by atoms with E-state index in [0.717, 1.165) is 15.4 Å². The number of anilines is 2. The Balaban J connectivity index is 1.95. The predicted octanol–water partition coefficient (Wildman–Crippen LogP) is 4.34. The Morgan fingerprint density at radius 3 is 2.86 bits per heavy atom. The largest absolute Gasteiger partial charge is 0.463 e. The number of furan rings is 1. The summed E-state index contributed by atoms with van der Waals surface area (Å²) in [5.41, 5.74) is 9.28. The second-order valence-electron chi connectivity index (χ2n) is 4.79. The minimum Gasteiger partial charge on any atom is -0.463 e. The lowest BCUT2D eigenvalue weighted by Crippen LogP contribution is -2.12. The van der Waals surface area contributed by atoms with Gasteiger partial charge in [-0.05, 0) is 46.6 Å². The molecule has 0 atom stereocenters. The second-order valence-corrected chi connectivity index (χ2v) is 5.64. The normalized spacial score (nSPS) is 10.8. The van der Waals surface area contributed by atoms with Gasteiger partial charge in [-0.3, -0.25) is 4.79 Å². The summed E-state index contributed by atoms with van der Waals surface area (Å²) < 4.78 is 6.17. The molecule has 5 heteroatoms. The average molecular weight is 345 g/mol. The van der Waals surface area contributed by atoms with Crippen LogP contribution >= 0.6 is 15.9 Å². The summed E-state index contributed by atoms with van der Waals surface area (Å²) in [6, 6.07) is 11.0. The summed E-state index contributed by atoms with van der Waals surface area (Å²) in [7, 11) is 0. The van der Waals surface area contributed by atoms with Crippen LogP contribution in [0.3, 0.4) is 0 Å². The number of halogens is 1. The molecule has 0 saturated heterocycles. The third-order valence-corrected chi connectivity index (χ3v) is 3.99. The van der Waals surface area contributed by atoms with Crippen molar-refractivity contribution in [1.29, 1.82) is 0 Å². The lowest BCUT2D eigenvalue weighted by Gasteiger charge is -2.09. The van der Waals surface area contributed by atoms with Crippen LogP contribution in [0.25, 0.3) is 11.0 Å². The number of aryl methyl sites for hydroxylation is 1. The fraction of sp³-hybridized carbons (Fsp3) is 0.0625. The molecule has 0 saturated carbocycles. The molecule has 4 nitrogen and oxygen atoms in total. The third kappa shape index (κ3) is 2.52. The van der Waals surface area contributed by atoms with Crippen molar-refractivity contribution in [2.75, 3.05) is 11.1 Å². The summed E-state index contributed by atoms with van der Waals surface area (Å²) >= 11 is 3.43. The van der Waals surface area contributed by atoms with Gasteiger partial charge in [0.15, 0.2) is 0 Å². The molecule has 1 amide bonds. The van der Waals surface area contributed by atoms with Crippen molar-refractivity contribution in [3.63, 3.8) is 0 Å². The topological polar surface area (TPSA) is 68.3 Å². The maximum absolute atomic E-state index is 12.4. The maximum Gasteiger partial charge on any atom is 0.259 e. The molecule has 0 unspecified atom stereocenters. The predicted molar refractivity (Wildman–Crippen MR) is 87.5 cm³/mol. The van der Waals surface area contributed by atoms with Gasteiger partial charge >= 0.3 is 0 Å². The van der Waals surface area contributed by atoms with Crippen LogP contribution in [0.5, 0.6) is 0 Å². The molecule has 106 valence electrons. The fourth-order valence-corrected chi connectivity index (χ4v) is 2.69. The Hall–Kier alpha value is -2.27. The third-order valence-electron chi connectivity index (χ3n) is 3.33. The Labute approximate surface area is 130 Å². The molecule has 1 heterocycles. The van der Waals surface area contributed by atoms with Gasteiger partial charge in [0.25, 0.3) is 5.91 Å².